The second-order valence-corrected chi connectivity index (χ2v) is 5.32. The largest absolute Gasteiger partial charge is 0.126 e. The summed E-state index contributed by atoms with van der Waals surface area (Å²) in [4.78, 5) is 1.38. The molecule has 0 nitrogen and oxygen atoms in total. The van der Waals surface area contributed by atoms with E-state index in [1.807, 2.05) is 11.8 Å². The molecule has 2 aromatic rings. The van der Waals surface area contributed by atoms with Gasteiger partial charge in [0.05, 0.1) is 0 Å². The minimum absolute atomic E-state index is 1.03. The summed E-state index contributed by atoms with van der Waals surface area (Å²) in [5, 5.41) is 0. The Labute approximate surface area is 108 Å². The highest BCUT2D eigenvalue weighted by Crippen LogP contribution is 2.20. The van der Waals surface area contributed by atoms with Crippen LogP contribution >= 0.6 is 11.8 Å². The van der Waals surface area contributed by atoms with E-state index in [1.165, 1.54) is 28.2 Å². The number of benzene rings is 2. The molecule has 0 radical (unpaired) electrons. The zero-order valence-electron chi connectivity index (χ0n) is 10.2. The lowest BCUT2D eigenvalue weighted by Gasteiger charge is -2.04. The van der Waals surface area contributed by atoms with Crippen molar-refractivity contribution in [3.05, 3.63) is 65.7 Å². The molecular formula is C16H18S. The van der Waals surface area contributed by atoms with Crippen LogP contribution in [-0.4, -0.2) is 5.75 Å². The Hall–Kier alpha value is -1.21. The molecule has 0 bridgehead atoms. The van der Waals surface area contributed by atoms with Crippen LogP contribution in [0.2, 0.25) is 0 Å². The van der Waals surface area contributed by atoms with Crippen LogP contribution in [0.1, 0.15) is 24.5 Å². The van der Waals surface area contributed by atoms with E-state index in [0.717, 1.165) is 6.42 Å². The summed E-state index contributed by atoms with van der Waals surface area (Å²) in [6.45, 7) is 2.22. The topological polar surface area (TPSA) is 0 Å². The van der Waals surface area contributed by atoms with E-state index in [9.17, 15) is 0 Å². The van der Waals surface area contributed by atoms with Crippen molar-refractivity contribution in [1.82, 2.24) is 0 Å². The lowest BCUT2D eigenvalue weighted by Crippen LogP contribution is -1.87. The molecule has 0 fully saturated rings. The summed E-state index contributed by atoms with van der Waals surface area (Å²) in [7, 11) is 0. The van der Waals surface area contributed by atoms with Gasteiger partial charge in [0.15, 0.2) is 0 Å². The minimum atomic E-state index is 1.03. The summed E-state index contributed by atoms with van der Waals surface area (Å²) in [6, 6.07) is 19.6. The Morgan fingerprint density at radius 1 is 0.824 bits per heavy atom. The molecule has 0 aliphatic rings. The van der Waals surface area contributed by atoms with E-state index in [-0.39, 0.29) is 0 Å². The Morgan fingerprint density at radius 2 is 1.47 bits per heavy atom. The summed E-state index contributed by atoms with van der Waals surface area (Å²) in [5.74, 6) is 1.21. The van der Waals surface area contributed by atoms with Crippen LogP contribution in [0.3, 0.4) is 0 Å². The third-order valence-electron chi connectivity index (χ3n) is 2.65. The molecule has 17 heavy (non-hydrogen) atoms. The van der Waals surface area contributed by atoms with Gasteiger partial charge < -0.3 is 0 Å². The molecular weight excluding hydrogens is 224 g/mol. The van der Waals surface area contributed by atoms with Gasteiger partial charge in [0, 0.05) is 4.90 Å². The zero-order chi connectivity index (χ0) is 11.9. The maximum absolute atomic E-state index is 2.24. The number of rotatable bonds is 5. The smallest absolute Gasteiger partial charge is 0.00721 e. The molecule has 0 spiro atoms. The number of thioether (sulfide) groups is 1. The fraction of sp³-hybridized carbons (Fsp3) is 0.250. The van der Waals surface area contributed by atoms with E-state index in [4.69, 9.17) is 0 Å². The predicted molar refractivity (Wildman–Crippen MR) is 76.7 cm³/mol. The molecule has 0 saturated carbocycles. The Morgan fingerprint density at radius 3 is 2.12 bits per heavy atom. The first kappa shape index (κ1) is 12.3. The number of hydrogen-bond donors (Lipinski definition) is 0. The van der Waals surface area contributed by atoms with Gasteiger partial charge in [-0.05, 0) is 41.9 Å². The molecule has 2 rings (SSSR count). The second kappa shape index (κ2) is 6.51. The molecule has 0 N–H and O–H groups in total. The SMILES string of the molecule is CCCSc1ccc(Cc2ccccc2)cc1. The highest BCUT2D eigenvalue weighted by atomic mass is 32.2. The summed E-state index contributed by atoms with van der Waals surface area (Å²) in [5.41, 5.74) is 2.76. The van der Waals surface area contributed by atoms with E-state index in [1.54, 1.807) is 0 Å². The normalized spacial score (nSPS) is 10.4. The fourth-order valence-corrected chi connectivity index (χ4v) is 2.52. The van der Waals surface area contributed by atoms with Crippen molar-refractivity contribution in [3.63, 3.8) is 0 Å². The van der Waals surface area contributed by atoms with Crippen molar-refractivity contribution in [2.24, 2.45) is 0 Å². The van der Waals surface area contributed by atoms with Crippen molar-refractivity contribution in [3.8, 4) is 0 Å². The van der Waals surface area contributed by atoms with Gasteiger partial charge in [-0.1, -0.05) is 49.4 Å². The first-order valence-corrected chi connectivity index (χ1v) is 7.12. The molecule has 1 heteroatoms. The lowest BCUT2D eigenvalue weighted by atomic mass is 10.1. The molecule has 0 heterocycles. The van der Waals surface area contributed by atoms with Gasteiger partial charge in [-0.25, -0.2) is 0 Å². The lowest BCUT2D eigenvalue weighted by molar-refractivity contribution is 1.10. The standard InChI is InChI=1S/C16H18S/c1-2-12-17-16-10-8-15(9-11-16)13-14-6-4-3-5-7-14/h3-11H,2,12-13H2,1H3. The van der Waals surface area contributed by atoms with E-state index in [0.29, 0.717) is 0 Å². The van der Waals surface area contributed by atoms with Crippen LogP contribution in [0.5, 0.6) is 0 Å². The van der Waals surface area contributed by atoms with Gasteiger partial charge in [-0.2, -0.15) is 0 Å². The van der Waals surface area contributed by atoms with Crippen molar-refractivity contribution in [1.29, 1.82) is 0 Å². The molecule has 2 aromatic carbocycles. The molecule has 0 saturated heterocycles. The summed E-state index contributed by atoms with van der Waals surface area (Å²) >= 11 is 1.94. The highest BCUT2D eigenvalue weighted by Gasteiger charge is 1.97. The Bertz CT molecular complexity index is 431. The predicted octanol–water partition coefficient (Wildman–Crippen LogP) is 4.78. The van der Waals surface area contributed by atoms with Crippen LogP contribution in [0.4, 0.5) is 0 Å². The zero-order valence-corrected chi connectivity index (χ0v) is 11.0. The molecule has 0 unspecified atom stereocenters. The van der Waals surface area contributed by atoms with E-state index >= 15 is 0 Å². The molecule has 0 aliphatic carbocycles. The van der Waals surface area contributed by atoms with Crippen LogP contribution in [0, 0.1) is 0 Å². The van der Waals surface area contributed by atoms with Crippen molar-refractivity contribution >= 4 is 11.8 Å². The van der Waals surface area contributed by atoms with E-state index < -0.39 is 0 Å². The van der Waals surface area contributed by atoms with Crippen molar-refractivity contribution < 1.29 is 0 Å². The third kappa shape index (κ3) is 3.94. The third-order valence-corrected chi connectivity index (χ3v) is 3.87. The van der Waals surface area contributed by atoms with Gasteiger partial charge >= 0.3 is 0 Å². The van der Waals surface area contributed by atoms with Crippen LogP contribution in [0.25, 0.3) is 0 Å². The Kier molecular flexibility index (Phi) is 4.69. The van der Waals surface area contributed by atoms with Gasteiger partial charge in [-0.3, -0.25) is 0 Å². The van der Waals surface area contributed by atoms with Crippen molar-refractivity contribution in [2.45, 2.75) is 24.7 Å². The average molecular weight is 242 g/mol. The van der Waals surface area contributed by atoms with Gasteiger partial charge in [0.2, 0.25) is 0 Å². The molecule has 0 atom stereocenters. The first-order valence-electron chi connectivity index (χ1n) is 6.14. The Balaban J connectivity index is 1.98. The summed E-state index contributed by atoms with van der Waals surface area (Å²) in [6.07, 6.45) is 2.26. The fourth-order valence-electron chi connectivity index (χ4n) is 1.76. The number of hydrogen-bond acceptors (Lipinski definition) is 1. The molecule has 0 amide bonds. The highest BCUT2D eigenvalue weighted by molar-refractivity contribution is 7.99. The summed E-state index contributed by atoms with van der Waals surface area (Å²) < 4.78 is 0. The van der Waals surface area contributed by atoms with Gasteiger partial charge in [0.25, 0.3) is 0 Å². The van der Waals surface area contributed by atoms with Crippen LogP contribution < -0.4 is 0 Å². The maximum atomic E-state index is 2.24. The van der Waals surface area contributed by atoms with Crippen molar-refractivity contribution in [2.75, 3.05) is 5.75 Å². The maximum Gasteiger partial charge on any atom is 0.00721 e. The average Bonchev–Trinajstić information content (AvgIpc) is 2.39. The second-order valence-electron chi connectivity index (χ2n) is 4.15. The minimum Gasteiger partial charge on any atom is -0.126 e. The monoisotopic (exact) mass is 242 g/mol. The quantitative estimate of drug-likeness (QED) is 0.680. The molecule has 0 aliphatic heterocycles. The first-order chi connectivity index (χ1) is 8.38. The van der Waals surface area contributed by atoms with Gasteiger partial charge in [-0.15, -0.1) is 11.8 Å². The molecule has 88 valence electrons. The van der Waals surface area contributed by atoms with Crippen LogP contribution in [-0.2, 0) is 6.42 Å². The van der Waals surface area contributed by atoms with Gasteiger partial charge in [0.1, 0.15) is 0 Å². The van der Waals surface area contributed by atoms with Crippen LogP contribution in [0.15, 0.2) is 59.5 Å². The molecule has 0 aromatic heterocycles. The van der Waals surface area contributed by atoms with E-state index in [2.05, 4.69) is 61.5 Å².